The number of rotatable bonds is 4. The van der Waals surface area contributed by atoms with E-state index in [1.807, 2.05) is 45.0 Å². The number of tetrazole rings is 1. The van der Waals surface area contributed by atoms with Gasteiger partial charge in [-0.2, -0.15) is 4.80 Å². The van der Waals surface area contributed by atoms with Crippen LogP contribution in [0.2, 0.25) is 5.02 Å². The van der Waals surface area contributed by atoms with Crippen molar-refractivity contribution in [3.8, 4) is 11.4 Å². The number of halogens is 1. The molecule has 25 heavy (non-hydrogen) atoms. The number of nitrogens with zero attached hydrogens (tertiary/aromatic N) is 4. The van der Waals surface area contributed by atoms with Crippen molar-refractivity contribution in [2.24, 2.45) is 0 Å². The molecule has 1 aromatic heterocycles. The van der Waals surface area contributed by atoms with Gasteiger partial charge in [0.2, 0.25) is 11.7 Å². The normalized spacial score (nSPS) is 10.7. The molecule has 0 aliphatic rings. The number of carbonyl (C=O) groups excluding carboxylic acids is 1. The molecule has 7 heteroatoms. The Hall–Kier alpha value is -2.73. The molecular formula is C18H18ClN5O. The molecule has 128 valence electrons. The molecule has 6 nitrogen and oxygen atoms in total. The number of hydrogen-bond acceptors (Lipinski definition) is 4. The quantitative estimate of drug-likeness (QED) is 0.776. The van der Waals surface area contributed by atoms with Crippen molar-refractivity contribution in [3.05, 3.63) is 58.1 Å². The van der Waals surface area contributed by atoms with Gasteiger partial charge in [0.15, 0.2) is 0 Å². The summed E-state index contributed by atoms with van der Waals surface area (Å²) in [6, 6.07) is 11.2. The lowest BCUT2D eigenvalue weighted by atomic mass is 10.1. The first-order chi connectivity index (χ1) is 11.9. The van der Waals surface area contributed by atoms with Gasteiger partial charge in [-0.15, -0.1) is 10.2 Å². The van der Waals surface area contributed by atoms with E-state index in [9.17, 15) is 4.79 Å². The number of carbonyl (C=O) groups is 1. The predicted octanol–water partition coefficient (Wildman–Crippen LogP) is 3.56. The predicted molar refractivity (Wildman–Crippen MR) is 97.5 cm³/mol. The van der Waals surface area contributed by atoms with Gasteiger partial charge in [-0.05, 0) is 49.2 Å². The number of aryl methyl sites for hydroxylation is 3. The second-order valence-corrected chi connectivity index (χ2v) is 6.41. The van der Waals surface area contributed by atoms with Crippen molar-refractivity contribution >= 4 is 23.2 Å². The molecule has 0 atom stereocenters. The number of aromatic nitrogens is 4. The van der Waals surface area contributed by atoms with Crippen LogP contribution in [-0.2, 0) is 11.3 Å². The maximum absolute atomic E-state index is 12.3. The van der Waals surface area contributed by atoms with Crippen molar-refractivity contribution in [3.63, 3.8) is 0 Å². The maximum Gasteiger partial charge on any atom is 0.248 e. The molecular weight excluding hydrogens is 338 g/mol. The second-order valence-electron chi connectivity index (χ2n) is 5.98. The third kappa shape index (κ3) is 4.03. The van der Waals surface area contributed by atoms with Crippen LogP contribution >= 0.6 is 11.6 Å². The fourth-order valence-corrected chi connectivity index (χ4v) is 2.93. The number of amides is 1. The first-order valence-corrected chi connectivity index (χ1v) is 8.21. The van der Waals surface area contributed by atoms with Crippen molar-refractivity contribution in [1.29, 1.82) is 0 Å². The summed E-state index contributed by atoms with van der Waals surface area (Å²) < 4.78 is 0. The standard InChI is InChI=1S/C18H18ClN5O/c1-11-7-12(2)17(13(3)8-11)20-16(25)10-24-22-18(21-23-24)14-5-4-6-15(19)9-14/h4-9H,10H2,1-3H3,(H,20,25). The first kappa shape index (κ1) is 17.1. The number of benzene rings is 2. The van der Waals surface area contributed by atoms with Gasteiger partial charge < -0.3 is 5.32 Å². The Labute approximate surface area is 150 Å². The Morgan fingerprint density at radius 1 is 1.16 bits per heavy atom. The topological polar surface area (TPSA) is 72.7 Å². The largest absolute Gasteiger partial charge is 0.324 e. The SMILES string of the molecule is Cc1cc(C)c(NC(=O)Cn2nnc(-c3cccc(Cl)c3)n2)c(C)c1. The molecule has 1 N–H and O–H groups in total. The number of nitrogens with one attached hydrogen (secondary N) is 1. The van der Waals surface area contributed by atoms with Crippen LogP contribution in [0.25, 0.3) is 11.4 Å². The van der Waals surface area contributed by atoms with Gasteiger partial charge in [-0.25, -0.2) is 0 Å². The highest BCUT2D eigenvalue weighted by Crippen LogP contribution is 2.22. The lowest BCUT2D eigenvalue weighted by Crippen LogP contribution is -2.21. The van der Waals surface area contributed by atoms with E-state index in [0.29, 0.717) is 10.8 Å². The lowest BCUT2D eigenvalue weighted by molar-refractivity contribution is -0.117. The Morgan fingerprint density at radius 3 is 2.56 bits per heavy atom. The molecule has 0 aliphatic heterocycles. The highest BCUT2D eigenvalue weighted by molar-refractivity contribution is 6.30. The van der Waals surface area contributed by atoms with E-state index < -0.39 is 0 Å². The van der Waals surface area contributed by atoms with E-state index in [-0.39, 0.29) is 12.5 Å². The Kier molecular flexibility index (Phi) is 4.81. The molecule has 0 aliphatic carbocycles. The monoisotopic (exact) mass is 355 g/mol. The number of anilines is 1. The Bertz CT molecular complexity index is 912. The van der Waals surface area contributed by atoms with Gasteiger partial charge >= 0.3 is 0 Å². The third-order valence-electron chi connectivity index (χ3n) is 3.76. The Balaban J connectivity index is 1.72. The van der Waals surface area contributed by atoms with E-state index >= 15 is 0 Å². The van der Waals surface area contributed by atoms with Crippen LogP contribution in [0.4, 0.5) is 5.69 Å². The van der Waals surface area contributed by atoms with Crippen LogP contribution in [0.1, 0.15) is 16.7 Å². The van der Waals surface area contributed by atoms with Crippen molar-refractivity contribution < 1.29 is 4.79 Å². The fourth-order valence-electron chi connectivity index (χ4n) is 2.74. The molecule has 3 rings (SSSR count). The molecule has 0 spiro atoms. The zero-order valence-electron chi connectivity index (χ0n) is 14.2. The molecule has 0 bridgehead atoms. The summed E-state index contributed by atoms with van der Waals surface area (Å²) in [5.74, 6) is 0.225. The lowest BCUT2D eigenvalue weighted by Gasteiger charge is -2.12. The molecule has 0 unspecified atom stereocenters. The summed E-state index contributed by atoms with van der Waals surface area (Å²) in [7, 11) is 0. The Morgan fingerprint density at radius 2 is 1.88 bits per heavy atom. The maximum atomic E-state index is 12.3. The van der Waals surface area contributed by atoms with E-state index in [4.69, 9.17) is 11.6 Å². The van der Waals surface area contributed by atoms with Gasteiger partial charge in [0.05, 0.1) is 0 Å². The van der Waals surface area contributed by atoms with E-state index in [2.05, 4.69) is 20.7 Å². The molecule has 2 aromatic carbocycles. The molecule has 0 radical (unpaired) electrons. The van der Waals surface area contributed by atoms with Crippen LogP contribution in [-0.4, -0.2) is 26.1 Å². The molecule has 1 amide bonds. The summed E-state index contributed by atoms with van der Waals surface area (Å²) in [4.78, 5) is 13.6. The molecule has 3 aromatic rings. The molecule has 1 heterocycles. The highest BCUT2D eigenvalue weighted by atomic mass is 35.5. The van der Waals surface area contributed by atoms with Crippen LogP contribution in [0, 0.1) is 20.8 Å². The van der Waals surface area contributed by atoms with E-state index in [0.717, 1.165) is 27.9 Å². The summed E-state index contributed by atoms with van der Waals surface area (Å²) in [6.45, 7) is 5.96. The summed E-state index contributed by atoms with van der Waals surface area (Å²) >= 11 is 5.97. The zero-order valence-corrected chi connectivity index (χ0v) is 15.0. The van der Waals surface area contributed by atoms with Gasteiger partial charge in [-0.1, -0.05) is 41.4 Å². The minimum atomic E-state index is -0.204. The fraction of sp³-hybridized carbons (Fsp3) is 0.222. The van der Waals surface area contributed by atoms with E-state index in [1.54, 1.807) is 12.1 Å². The van der Waals surface area contributed by atoms with Crippen LogP contribution in [0.5, 0.6) is 0 Å². The minimum Gasteiger partial charge on any atom is -0.324 e. The summed E-state index contributed by atoms with van der Waals surface area (Å²) in [5, 5.41) is 15.7. The van der Waals surface area contributed by atoms with Crippen LogP contribution in [0.15, 0.2) is 36.4 Å². The smallest absolute Gasteiger partial charge is 0.248 e. The second kappa shape index (κ2) is 7.03. The number of hydrogen-bond donors (Lipinski definition) is 1. The minimum absolute atomic E-state index is 0.0136. The van der Waals surface area contributed by atoms with Gasteiger partial charge in [0.25, 0.3) is 0 Å². The van der Waals surface area contributed by atoms with Crippen molar-refractivity contribution in [2.75, 3.05) is 5.32 Å². The van der Waals surface area contributed by atoms with Crippen LogP contribution < -0.4 is 5.32 Å². The first-order valence-electron chi connectivity index (χ1n) is 7.84. The molecule has 0 saturated carbocycles. The van der Waals surface area contributed by atoms with Crippen LogP contribution in [0.3, 0.4) is 0 Å². The average molecular weight is 356 g/mol. The zero-order chi connectivity index (χ0) is 18.0. The van der Waals surface area contributed by atoms with E-state index in [1.165, 1.54) is 4.80 Å². The average Bonchev–Trinajstić information content (AvgIpc) is 2.99. The third-order valence-corrected chi connectivity index (χ3v) is 4.00. The van der Waals surface area contributed by atoms with Crippen molar-refractivity contribution in [2.45, 2.75) is 27.3 Å². The highest BCUT2D eigenvalue weighted by Gasteiger charge is 2.12. The molecule has 0 saturated heterocycles. The summed E-state index contributed by atoms with van der Waals surface area (Å²) in [5.41, 5.74) is 4.79. The van der Waals surface area contributed by atoms with Crippen molar-refractivity contribution in [1.82, 2.24) is 20.2 Å². The molecule has 0 fully saturated rings. The van der Waals surface area contributed by atoms with Gasteiger partial charge in [0.1, 0.15) is 6.54 Å². The van der Waals surface area contributed by atoms with Gasteiger partial charge in [0, 0.05) is 16.3 Å². The summed E-state index contributed by atoms with van der Waals surface area (Å²) in [6.07, 6.45) is 0. The van der Waals surface area contributed by atoms with Gasteiger partial charge in [-0.3, -0.25) is 4.79 Å².